The minimum Gasteiger partial charge on any atom is -0.457 e. The van der Waals surface area contributed by atoms with E-state index in [1.807, 2.05) is 6.07 Å². The van der Waals surface area contributed by atoms with Gasteiger partial charge in [0.25, 0.3) is 5.69 Å². The lowest BCUT2D eigenvalue weighted by Crippen LogP contribution is -2.06. The molecule has 2 rings (SSSR count). The van der Waals surface area contributed by atoms with Crippen LogP contribution >= 0.6 is 11.6 Å². The minimum atomic E-state index is -0.729. The molecule has 7 heteroatoms. The third-order valence-electron chi connectivity index (χ3n) is 2.88. The molecule has 0 spiro atoms. The van der Waals surface area contributed by atoms with E-state index in [9.17, 15) is 14.9 Å². The molecule has 2 aromatic carbocycles. The molecule has 0 bridgehead atoms. The molecule has 0 N–H and O–H groups in total. The molecule has 0 amide bonds. The quantitative estimate of drug-likeness (QED) is 0.489. The molecule has 0 aromatic heterocycles. The van der Waals surface area contributed by atoms with E-state index in [-0.39, 0.29) is 22.9 Å². The van der Waals surface area contributed by atoms with Crippen LogP contribution in [0.4, 0.5) is 5.69 Å². The Kier molecular flexibility index (Phi) is 4.71. The van der Waals surface area contributed by atoms with E-state index < -0.39 is 10.9 Å². The zero-order valence-corrected chi connectivity index (χ0v) is 11.9. The van der Waals surface area contributed by atoms with Crippen LogP contribution in [0, 0.1) is 21.4 Å². The van der Waals surface area contributed by atoms with Gasteiger partial charge in [-0.1, -0.05) is 29.8 Å². The third kappa shape index (κ3) is 3.40. The molecule has 0 atom stereocenters. The van der Waals surface area contributed by atoms with Crippen LogP contribution in [0.2, 0.25) is 5.02 Å². The van der Waals surface area contributed by atoms with Crippen molar-refractivity contribution in [2.75, 3.05) is 0 Å². The van der Waals surface area contributed by atoms with Gasteiger partial charge in [-0.25, -0.2) is 4.79 Å². The average Bonchev–Trinajstić information content (AvgIpc) is 2.53. The summed E-state index contributed by atoms with van der Waals surface area (Å²) in [6.45, 7) is -0.0982. The van der Waals surface area contributed by atoms with Crippen LogP contribution in [0.1, 0.15) is 21.5 Å². The summed E-state index contributed by atoms with van der Waals surface area (Å²) in [6, 6.07) is 12.3. The first-order valence-corrected chi connectivity index (χ1v) is 6.50. The molecule has 110 valence electrons. The standard InChI is InChI=1S/C15H9ClN2O4/c16-13-6-5-10(7-14(13)18(20)21)15(19)22-9-12-4-2-1-3-11(12)8-17/h1-7H,9H2. The molecule has 0 unspecified atom stereocenters. The highest BCUT2D eigenvalue weighted by molar-refractivity contribution is 6.32. The molecule has 0 saturated heterocycles. The highest BCUT2D eigenvalue weighted by Gasteiger charge is 2.17. The maximum atomic E-state index is 11.9. The van der Waals surface area contributed by atoms with Crippen LogP contribution < -0.4 is 0 Å². The molecule has 0 aliphatic carbocycles. The lowest BCUT2D eigenvalue weighted by Gasteiger charge is -2.06. The van der Waals surface area contributed by atoms with Crippen molar-refractivity contribution in [2.24, 2.45) is 0 Å². The smallest absolute Gasteiger partial charge is 0.338 e. The number of carbonyl (C=O) groups excluding carboxylic acids is 1. The maximum Gasteiger partial charge on any atom is 0.338 e. The fourth-order valence-electron chi connectivity index (χ4n) is 1.76. The van der Waals surface area contributed by atoms with Crippen LogP contribution in [0.15, 0.2) is 42.5 Å². The van der Waals surface area contributed by atoms with Gasteiger partial charge in [0.1, 0.15) is 11.6 Å². The van der Waals surface area contributed by atoms with Gasteiger partial charge in [-0.2, -0.15) is 5.26 Å². The van der Waals surface area contributed by atoms with Crippen LogP contribution in [0.3, 0.4) is 0 Å². The Morgan fingerprint density at radius 2 is 2.05 bits per heavy atom. The summed E-state index contributed by atoms with van der Waals surface area (Å²) < 4.78 is 5.08. The second kappa shape index (κ2) is 6.70. The molecular weight excluding hydrogens is 308 g/mol. The number of ether oxygens (including phenoxy) is 1. The topological polar surface area (TPSA) is 93.2 Å². The molecule has 0 saturated carbocycles. The first-order valence-electron chi connectivity index (χ1n) is 6.12. The van der Waals surface area contributed by atoms with Gasteiger partial charge in [0, 0.05) is 11.6 Å². The van der Waals surface area contributed by atoms with Gasteiger partial charge in [0.2, 0.25) is 0 Å². The van der Waals surface area contributed by atoms with Crippen molar-refractivity contribution in [2.45, 2.75) is 6.61 Å². The lowest BCUT2D eigenvalue weighted by atomic mass is 10.1. The number of hydrogen-bond acceptors (Lipinski definition) is 5. The molecule has 0 radical (unpaired) electrons. The van der Waals surface area contributed by atoms with Gasteiger partial charge in [0.15, 0.2) is 0 Å². The first kappa shape index (κ1) is 15.5. The molecule has 2 aromatic rings. The van der Waals surface area contributed by atoms with Crippen molar-refractivity contribution < 1.29 is 14.5 Å². The SMILES string of the molecule is N#Cc1ccccc1COC(=O)c1ccc(Cl)c([N+](=O)[O-])c1. The number of rotatable bonds is 4. The van der Waals surface area contributed by atoms with Crippen molar-refractivity contribution >= 4 is 23.3 Å². The lowest BCUT2D eigenvalue weighted by molar-refractivity contribution is -0.384. The Balaban J connectivity index is 2.15. The van der Waals surface area contributed by atoms with Crippen LogP contribution in [-0.2, 0) is 11.3 Å². The summed E-state index contributed by atoms with van der Waals surface area (Å²) in [4.78, 5) is 22.0. The zero-order valence-electron chi connectivity index (χ0n) is 11.2. The van der Waals surface area contributed by atoms with Crippen LogP contribution in [0.25, 0.3) is 0 Å². The Morgan fingerprint density at radius 1 is 1.32 bits per heavy atom. The number of nitro benzene ring substituents is 1. The number of nitrogens with zero attached hydrogens (tertiary/aromatic N) is 2. The zero-order chi connectivity index (χ0) is 16.1. The second-order valence-corrected chi connectivity index (χ2v) is 4.68. The van der Waals surface area contributed by atoms with E-state index in [0.717, 1.165) is 6.07 Å². The predicted octanol–water partition coefficient (Wildman–Crippen LogP) is 3.48. The summed E-state index contributed by atoms with van der Waals surface area (Å²) in [5, 5.41) is 19.7. The molecule has 0 aliphatic rings. The van der Waals surface area contributed by atoms with Gasteiger partial charge >= 0.3 is 5.97 Å². The predicted molar refractivity (Wildman–Crippen MR) is 78.4 cm³/mol. The van der Waals surface area contributed by atoms with Crippen molar-refractivity contribution in [3.63, 3.8) is 0 Å². The Hall–Kier alpha value is -2.91. The molecule has 22 heavy (non-hydrogen) atoms. The number of carbonyl (C=O) groups is 1. The van der Waals surface area contributed by atoms with Crippen molar-refractivity contribution in [3.05, 3.63) is 74.3 Å². The van der Waals surface area contributed by atoms with Gasteiger partial charge in [-0.05, 0) is 18.2 Å². The van der Waals surface area contributed by atoms with E-state index in [2.05, 4.69) is 0 Å². The molecule has 6 nitrogen and oxygen atoms in total. The summed E-state index contributed by atoms with van der Waals surface area (Å²) in [5.41, 5.74) is 0.610. The monoisotopic (exact) mass is 316 g/mol. The number of esters is 1. The third-order valence-corrected chi connectivity index (χ3v) is 3.19. The second-order valence-electron chi connectivity index (χ2n) is 4.27. The highest BCUT2D eigenvalue weighted by Crippen LogP contribution is 2.25. The van der Waals surface area contributed by atoms with E-state index >= 15 is 0 Å². The summed E-state index contributed by atoms with van der Waals surface area (Å²) in [5.74, 6) is -0.729. The Labute approximate surface area is 130 Å². The Morgan fingerprint density at radius 3 is 2.73 bits per heavy atom. The van der Waals surface area contributed by atoms with E-state index in [1.54, 1.807) is 24.3 Å². The molecule has 0 heterocycles. The molecular formula is C15H9ClN2O4. The van der Waals surface area contributed by atoms with Crippen molar-refractivity contribution in [1.29, 1.82) is 5.26 Å². The van der Waals surface area contributed by atoms with Crippen molar-refractivity contribution in [3.8, 4) is 6.07 Å². The summed E-state index contributed by atoms with van der Waals surface area (Å²) in [7, 11) is 0. The van der Waals surface area contributed by atoms with E-state index in [4.69, 9.17) is 21.6 Å². The number of nitriles is 1. The number of halogens is 1. The largest absolute Gasteiger partial charge is 0.457 e. The number of benzene rings is 2. The van der Waals surface area contributed by atoms with Crippen LogP contribution in [-0.4, -0.2) is 10.9 Å². The van der Waals surface area contributed by atoms with Gasteiger partial charge in [0.05, 0.1) is 22.1 Å². The summed E-state index contributed by atoms with van der Waals surface area (Å²) >= 11 is 5.68. The van der Waals surface area contributed by atoms with Crippen LogP contribution in [0.5, 0.6) is 0 Å². The molecule has 0 fully saturated rings. The first-order chi connectivity index (χ1) is 10.5. The molecule has 0 aliphatic heterocycles. The fraction of sp³-hybridized carbons (Fsp3) is 0.0667. The number of nitro groups is 1. The van der Waals surface area contributed by atoms with Gasteiger partial charge < -0.3 is 4.74 Å². The van der Waals surface area contributed by atoms with E-state index in [1.165, 1.54) is 12.1 Å². The highest BCUT2D eigenvalue weighted by atomic mass is 35.5. The minimum absolute atomic E-state index is 0.0190. The van der Waals surface area contributed by atoms with Gasteiger partial charge in [-0.3, -0.25) is 10.1 Å². The maximum absolute atomic E-state index is 11.9. The Bertz CT molecular complexity index is 783. The van der Waals surface area contributed by atoms with Crippen molar-refractivity contribution in [1.82, 2.24) is 0 Å². The summed E-state index contributed by atoms with van der Waals surface area (Å²) in [6.07, 6.45) is 0. The fourth-order valence-corrected chi connectivity index (χ4v) is 1.95. The average molecular weight is 317 g/mol. The normalized spacial score (nSPS) is 9.82. The van der Waals surface area contributed by atoms with E-state index in [0.29, 0.717) is 11.1 Å². The van der Waals surface area contributed by atoms with Gasteiger partial charge in [-0.15, -0.1) is 0 Å². The number of hydrogen-bond donors (Lipinski definition) is 0.